The van der Waals surface area contributed by atoms with Crippen molar-refractivity contribution in [2.45, 2.75) is 17.5 Å². The summed E-state index contributed by atoms with van der Waals surface area (Å²) in [6.45, 7) is 0.187. The van der Waals surface area contributed by atoms with Crippen LogP contribution in [0.3, 0.4) is 0 Å². The van der Waals surface area contributed by atoms with Gasteiger partial charge in [-0.25, -0.2) is 9.80 Å². The summed E-state index contributed by atoms with van der Waals surface area (Å²) >= 11 is 1.01. The second-order valence-electron chi connectivity index (χ2n) is 7.19. The fraction of sp³-hybridized carbons (Fsp3) is 0.174. The molecule has 33 heavy (non-hydrogen) atoms. The minimum Gasteiger partial charge on any atom is -0.292 e. The van der Waals surface area contributed by atoms with E-state index < -0.39 is 23.7 Å². The number of rotatable bonds is 3. The smallest absolute Gasteiger partial charge is 0.292 e. The number of nitrogens with zero attached hydrogens (tertiary/aromatic N) is 3. The van der Waals surface area contributed by atoms with Gasteiger partial charge in [-0.15, -0.1) is 11.8 Å². The molecule has 0 atom stereocenters. The van der Waals surface area contributed by atoms with Crippen LogP contribution in [0.25, 0.3) is 0 Å². The molecule has 0 radical (unpaired) electrons. The van der Waals surface area contributed by atoms with Crippen LogP contribution in [0.1, 0.15) is 21.6 Å². The third-order valence-electron chi connectivity index (χ3n) is 5.15. The van der Waals surface area contributed by atoms with Gasteiger partial charge in [0.1, 0.15) is 5.69 Å². The molecule has 3 aromatic rings. The van der Waals surface area contributed by atoms with Gasteiger partial charge in [0.2, 0.25) is 0 Å². The molecule has 170 valence electrons. The van der Waals surface area contributed by atoms with Gasteiger partial charge in [0.05, 0.1) is 11.3 Å². The molecular formula is C23H19F3N4O2S. The monoisotopic (exact) mass is 472 g/mol. The highest BCUT2D eigenvalue weighted by Crippen LogP contribution is 2.42. The number of carbonyl (C=O) groups excluding carboxylic acids is 2. The van der Waals surface area contributed by atoms with Crippen LogP contribution in [0.15, 0.2) is 71.8 Å². The quantitative estimate of drug-likeness (QED) is 0.423. The normalized spacial score (nSPS) is 12.9. The van der Waals surface area contributed by atoms with Gasteiger partial charge in [-0.2, -0.15) is 13.2 Å². The van der Waals surface area contributed by atoms with Crippen molar-refractivity contribution in [2.24, 2.45) is 0 Å². The van der Waals surface area contributed by atoms with Gasteiger partial charge in [-0.1, -0.05) is 24.3 Å². The van der Waals surface area contributed by atoms with Crippen molar-refractivity contribution < 1.29 is 22.8 Å². The number of thioether (sulfide) groups is 1. The third-order valence-corrected chi connectivity index (χ3v) is 5.93. The number of para-hydroxylation sites is 1. The van der Waals surface area contributed by atoms with E-state index in [1.807, 2.05) is 0 Å². The lowest BCUT2D eigenvalue weighted by Gasteiger charge is -2.29. The fourth-order valence-corrected chi connectivity index (χ4v) is 4.23. The Morgan fingerprint density at radius 3 is 2.45 bits per heavy atom. The van der Waals surface area contributed by atoms with Gasteiger partial charge >= 0.3 is 12.2 Å². The van der Waals surface area contributed by atoms with Crippen LogP contribution in [0, 0.1) is 0 Å². The third kappa shape index (κ3) is 4.65. The number of hydrogen-bond acceptors (Lipinski definition) is 4. The van der Waals surface area contributed by atoms with Gasteiger partial charge in [0.25, 0.3) is 5.91 Å². The van der Waals surface area contributed by atoms with Crippen molar-refractivity contribution in [3.63, 3.8) is 0 Å². The van der Waals surface area contributed by atoms with E-state index in [1.54, 1.807) is 48.7 Å². The predicted octanol–water partition coefficient (Wildman–Crippen LogP) is 5.16. The van der Waals surface area contributed by atoms with Gasteiger partial charge in [-0.3, -0.25) is 20.1 Å². The maximum absolute atomic E-state index is 13.6. The second kappa shape index (κ2) is 9.14. The van der Waals surface area contributed by atoms with Gasteiger partial charge in [0, 0.05) is 23.3 Å². The number of carbonyl (C=O) groups is 2. The average Bonchev–Trinajstić information content (AvgIpc) is 3.24. The molecule has 1 N–H and O–H groups in total. The first-order chi connectivity index (χ1) is 15.8. The summed E-state index contributed by atoms with van der Waals surface area (Å²) < 4.78 is 40.9. The average molecular weight is 472 g/mol. The summed E-state index contributed by atoms with van der Waals surface area (Å²) in [6, 6.07) is 15.0. The van der Waals surface area contributed by atoms with Crippen LogP contribution >= 0.6 is 11.8 Å². The lowest BCUT2D eigenvalue weighted by molar-refractivity contribution is -0.139. The number of anilines is 2. The Bertz CT molecular complexity index is 1170. The molecule has 2 aromatic carbocycles. The molecule has 0 fully saturated rings. The standard InChI is InChI=1S/C23H19F3N4O2S/c1-33-20-13-15-10-12-29(19(15)14-17(20)23(24,25)26)22(32)30(16-7-3-2-4-8-16)28-21(31)18-9-5-6-11-27-18/h2-9,11,13-14H,10,12H2,1H3,(H,28,31). The molecule has 1 aliphatic rings. The molecular weight excluding hydrogens is 453 g/mol. The first-order valence-corrected chi connectivity index (χ1v) is 11.2. The van der Waals surface area contributed by atoms with Gasteiger partial charge < -0.3 is 0 Å². The molecule has 0 spiro atoms. The molecule has 0 bridgehead atoms. The largest absolute Gasteiger partial charge is 0.417 e. The SMILES string of the molecule is CSc1cc2c(cc1C(F)(F)F)N(C(=O)N(NC(=O)c1ccccn1)c1ccccc1)CC2. The van der Waals surface area contributed by atoms with E-state index in [1.165, 1.54) is 23.2 Å². The first kappa shape index (κ1) is 22.7. The predicted molar refractivity (Wildman–Crippen MR) is 120 cm³/mol. The Balaban J connectivity index is 1.70. The zero-order valence-electron chi connectivity index (χ0n) is 17.5. The number of nitrogens with one attached hydrogen (secondary N) is 1. The number of halogens is 3. The number of benzene rings is 2. The van der Waals surface area contributed by atoms with E-state index in [2.05, 4.69) is 10.4 Å². The van der Waals surface area contributed by atoms with Gasteiger partial charge in [0.15, 0.2) is 0 Å². The van der Waals surface area contributed by atoms with E-state index in [0.29, 0.717) is 17.7 Å². The zero-order chi connectivity index (χ0) is 23.6. The Morgan fingerprint density at radius 1 is 1.09 bits per heavy atom. The van der Waals surface area contributed by atoms with Crippen molar-refractivity contribution >= 4 is 35.1 Å². The molecule has 0 saturated heterocycles. The Morgan fingerprint density at radius 2 is 1.82 bits per heavy atom. The Kier molecular flexibility index (Phi) is 6.28. The number of amides is 3. The van der Waals surface area contributed by atoms with Crippen LogP contribution in [-0.4, -0.2) is 29.7 Å². The van der Waals surface area contributed by atoms with E-state index in [9.17, 15) is 22.8 Å². The summed E-state index contributed by atoms with van der Waals surface area (Å²) in [5, 5.41) is 1.03. The molecule has 0 aliphatic carbocycles. The van der Waals surface area contributed by atoms with Crippen LogP contribution < -0.4 is 15.3 Å². The van der Waals surface area contributed by atoms with Crippen molar-refractivity contribution in [1.29, 1.82) is 0 Å². The van der Waals surface area contributed by atoms with Crippen molar-refractivity contribution in [3.05, 3.63) is 83.7 Å². The molecule has 0 saturated carbocycles. The summed E-state index contributed by atoms with van der Waals surface area (Å²) in [5.74, 6) is -0.624. The molecule has 4 rings (SSSR count). The molecule has 0 unspecified atom stereocenters. The number of hydrazine groups is 1. The van der Waals surface area contributed by atoms with Crippen molar-refractivity contribution in [3.8, 4) is 0 Å². The minimum absolute atomic E-state index is 0.0945. The number of urea groups is 1. The van der Waals surface area contributed by atoms with Crippen molar-refractivity contribution in [2.75, 3.05) is 22.7 Å². The molecule has 2 heterocycles. The van der Waals surface area contributed by atoms with Crippen LogP contribution in [0.5, 0.6) is 0 Å². The lowest BCUT2D eigenvalue weighted by Crippen LogP contribution is -2.52. The highest BCUT2D eigenvalue weighted by atomic mass is 32.2. The number of pyridine rings is 1. The maximum Gasteiger partial charge on any atom is 0.417 e. The van der Waals surface area contributed by atoms with Crippen LogP contribution in [0.4, 0.5) is 29.3 Å². The molecule has 3 amide bonds. The maximum atomic E-state index is 13.6. The van der Waals surface area contributed by atoms with E-state index in [0.717, 1.165) is 22.8 Å². The Hall–Kier alpha value is -3.53. The van der Waals surface area contributed by atoms with Crippen LogP contribution in [-0.2, 0) is 12.6 Å². The number of fused-ring (bicyclic) bond motifs is 1. The number of aromatic nitrogens is 1. The highest BCUT2D eigenvalue weighted by molar-refractivity contribution is 7.98. The fourth-order valence-electron chi connectivity index (χ4n) is 3.58. The first-order valence-electron chi connectivity index (χ1n) is 9.96. The highest BCUT2D eigenvalue weighted by Gasteiger charge is 2.38. The van der Waals surface area contributed by atoms with E-state index in [4.69, 9.17) is 0 Å². The van der Waals surface area contributed by atoms with E-state index in [-0.39, 0.29) is 22.8 Å². The molecule has 1 aromatic heterocycles. The number of hydrogen-bond donors (Lipinski definition) is 1. The van der Waals surface area contributed by atoms with Crippen molar-refractivity contribution in [1.82, 2.24) is 10.4 Å². The summed E-state index contributed by atoms with van der Waals surface area (Å²) in [4.78, 5) is 31.6. The van der Waals surface area contributed by atoms with Crippen LogP contribution in [0.2, 0.25) is 0 Å². The molecule has 1 aliphatic heterocycles. The minimum atomic E-state index is -4.56. The number of alkyl halides is 3. The lowest BCUT2D eigenvalue weighted by atomic mass is 10.1. The summed E-state index contributed by atoms with van der Waals surface area (Å²) in [6.07, 6.45) is -1.12. The Labute approximate surface area is 192 Å². The molecule has 10 heteroatoms. The van der Waals surface area contributed by atoms with E-state index >= 15 is 0 Å². The summed E-state index contributed by atoms with van der Waals surface area (Å²) in [7, 11) is 0. The second-order valence-corrected chi connectivity index (χ2v) is 8.04. The zero-order valence-corrected chi connectivity index (χ0v) is 18.3. The van der Waals surface area contributed by atoms with Gasteiger partial charge in [-0.05, 0) is 54.6 Å². The molecule has 6 nitrogen and oxygen atoms in total. The topological polar surface area (TPSA) is 65.5 Å². The summed E-state index contributed by atoms with van der Waals surface area (Å²) in [5.41, 5.74) is 3.02.